The SMILES string of the molecule is Cc1cc(C(F)F)ccc1C(C)(C)C. The van der Waals surface area contributed by atoms with Crippen LogP contribution in [-0.2, 0) is 5.41 Å². The van der Waals surface area contributed by atoms with E-state index in [1.54, 1.807) is 12.1 Å². The van der Waals surface area contributed by atoms with Crippen molar-refractivity contribution in [1.29, 1.82) is 0 Å². The summed E-state index contributed by atoms with van der Waals surface area (Å²) in [6.07, 6.45) is -2.37. The van der Waals surface area contributed by atoms with Gasteiger partial charge in [-0.05, 0) is 23.5 Å². The molecule has 1 aromatic carbocycles. The van der Waals surface area contributed by atoms with E-state index in [1.807, 2.05) is 6.92 Å². The molecule has 0 aliphatic heterocycles. The Labute approximate surface area is 84.0 Å². The van der Waals surface area contributed by atoms with Crippen molar-refractivity contribution < 1.29 is 8.78 Å². The molecule has 2 heteroatoms. The fraction of sp³-hybridized carbons (Fsp3) is 0.500. The second-order valence-electron chi connectivity index (χ2n) is 4.63. The fourth-order valence-corrected chi connectivity index (χ4v) is 1.66. The Morgan fingerprint density at radius 2 is 1.71 bits per heavy atom. The molecule has 0 atom stereocenters. The van der Waals surface area contributed by atoms with E-state index in [4.69, 9.17) is 0 Å². The molecule has 0 fully saturated rings. The fourth-order valence-electron chi connectivity index (χ4n) is 1.66. The molecule has 0 saturated carbocycles. The summed E-state index contributed by atoms with van der Waals surface area (Å²) in [5.41, 5.74) is 2.19. The molecule has 0 spiro atoms. The Bertz CT molecular complexity index is 322. The molecule has 0 bridgehead atoms. The highest BCUT2D eigenvalue weighted by atomic mass is 19.3. The molecule has 0 N–H and O–H groups in total. The third-order valence-corrected chi connectivity index (χ3v) is 2.31. The van der Waals surface area contributed by atoms with Crippen molar-refractivity contribution in [2.75, 3.05) is 0 Å². The summed E-state index contributed by atoms with van der Waals surface area (Å²) < 4.78 is 24.8. The van der Waals surface area contributed by atoms with E-state index in [1.165, 1.54) is 6.07 Å². The van der Waals surface area contributed by atoms with E-state index < -0.39 is 6.43 Å². The van der Waals surface area contributed by atoms with Crippen LogP contribution < -0.4 is 0 Å². The summed E-state index contributed by atoms with van der Waals surface area (Å²) >= 11 is 0. The van der Waals surface area contributed by atoms with Gasteiger partial charge in [-0.15, -0.1) is 0 Å². The Hall–Kier alpha value is -0.920. The van der Waals surface area contributed by atoms with Gasteiger partial charge < -0.3 is 0 Å². The van der Waals surface area contributed by atoms with Gasteiger partial charge in [-0.3, -0.25) is 0 Å². The van der Waals surface area contributed by atoms with Crippen LogP contribution in [0.25, 0.3) is 0 Å². The van der Waals surface area contributed by atoms with Crippen LogP contribution in [0.15, 0.2) is 18.2 Å². The van der Waals surface area contributed by atoms with E-state index in [2.05, 4.69) is 20.8 Å². The van der Waals surface area contributed by atoms with Crippen LogP contribution >= 0.6 is 0 Å². The molecule has 0 radical (unpaired) electrons. The third kappa shape index (κ3) is 2.31. The monoisotopic (exact) mass is 198 g/mol. The predicted molar refractivity (Wildman–Crippen MR) is 54.8 cm³/mol. The normalized spacial score (nSPS) is 12.2. The minimum atomic E-state index is -2.37. The van der Waals surface area contributed by atoms with E-state index in [0.717, 1.165) is 11.1 Å². The van der Waals surface area contributed by atoms with Crippen LogP contribution in [0.4, 0.5) is 8.78 Å². The predicted octanol–water partition coefficient (Wildman–Crippen LogP) is 4.23. The van der Waals surface area contributed by atoms with E-state index >= 15 is 0 Å². The molecular weight excluding hydrogens is 182 g/mol. The summed E-state index contributed by atoms with van der Waals surface area (Å²) in [4.78, 5) is 0. The van der Waals surface area contributed by atoms with Crippen molar-refractivity contribution in [2.45, 2.75) is 39.5 Å². The number of rotatable bonds is 1. The number of hydrogen-bond donors (Lipinski definition) is 0. The first kappa shape index (κ1) is 11.2. The van der Waals surface area contributed by atoms with Gasteiger partial charge >= 0.3 is 0 Å². The van der Waals surface area contributed by atoms with E-state index in [9.17, 15) is 8.78 Å². The van der Waals surface area contributed by atoms with Gasteiger partial charge in [0.2, 0.25) is 0 Å². The smallest absolute Gasteiger partial charge is 0.205 e. The Balaban J connectivity index is 3.15. The highest BCUT2D eigenvalue weighted by Gasteiger charge is 2.17. The molecule has 0 amide bonds. The number of hydrogen-bond acceptors (Lipinski definition) is 0. The lowest BCUT2D eigenvalue weighted by atomic mass is 9.83. The summed E-state index contributed by atoms with van der Waals surface area (Å²) in [6, 6.07) is 4.89. The van der Waals surface area contributed by atoms with Gasteiger partial charge in [0.1, 0.15) is 0 Å². The highest BCUT2D eigenvalue weighted by molar-refractivity contribution is 5.35. The maximum atomic E-state index is 12.4. The van der Waals surface area contributed by atoms with Gasteiger partial charge in [-0.25, -0.2) is 8.78 Å². The second-order valence-corrected chi connectivity index (χ2v) is 4.63. The minimum absolute atomic E-state index is 0.0186. The lowest BCUT2D eigenvalue weighted by Crippen LogP contribution is -2.13. The van der Waals surface area contributed by atoms with Crippen LogP contribution in [-0.4, -0.2) is 0 Å². The highest BCUT2D eigenvalue weighted by Crippen LogP contribution is 2.28. The van der Waals surface area contributed by atoms with Gasteiger partial charge in [0.15, 0.2) is 0 Å². The maximum absolute atomic E-state index is 12.4. The zero-order chi connectivity index (χ0) is 10.9. The van der Waals surface area contributed by atoms with Crippen LogP contribution in [0.3, 0.4) is 0 Å². The maximum Gasteiger partial charge on any atom is 0.263 e. The summed E-state index contributed by atoms with van der Waals surface area (Å²) in [5, 5.41) is 0. The zero-order valence-corrected chi connectivity index (χ0v) is 9.07. The number of aryl methyl sites for hydroxylation is 1. The molecule has 0 aliphatic carbocycles. The first-order chi connectivity index (χ1) is 6.32. The first-order valence-electron chi connectivity index (χ1n) is 4.71. The summed E-state index contributed by atoms with van der Waals surface area (Å²) in [7, 11) is 0. The Kier molecular flexibility index (Phi) is 2.93. The standard InChI is InChI=1S/C12H16F2/c1-8-7-9(11(13)14)5-6-10(8)12(2,3)4/h5-7,11H,1-4H3. The molecule has 78 valence electrons. The molecule has 14 heavy (non-hydrogen) atoms. The van der Waals surface area contributed by atoms with Crippen LogP contribution in [0.5, 0.6) is 0 Å². The number of benzene rings is 1. The van der Waals surface area contributed by atoms with Crippen molar-refractivity contribution in [1.82, 2.24) is 0 Å². The Morgan fingerprint density at radius 3 is 2.07 bits per heavy atom. The van der Waals surface area contributed by atoms with Crippen molar-refractivity contribution >= 4 is 0 Å². The molecule has 0 unspecified atom stereocenters. The summed E-state index contributed by atoms with van der Waals surface area (Å²) in [6.45, 7) is 8.12. The first-order valence-corrected chi connectivity index (χ1v) is 4.71. The van der Waals surface area contributed by atoms with Crippen LogP contribution in [0.1, 0.15) is 43.9 Å². The van der Waals surface area contributed by atoms with E-state index in [-0.39, 0.29) is 11.0 Å². The quantitative estimate of drug-likeness (QED) is 0.633. The van der Waals surface area contributed by atoms with Gasteiger partial charge in [-0.1, -0.05) is 39.0 Å². The van der Waals surface area contributed by atoms with Crippen molar-refractivity contribution in [3.8, 4) is 0 Å². The average Bonchev–Trinajstić information content (AvgIpc) is 2.01. The molecule has 1 aromatic rings. The third-order valence-electron chi connectivity index (χ3n) is 2.31. The molecular formula is C12H16F2. The second kappa shape index (κ2) is 3.68. The lowest BCUT2D eigenvalue weighted by molar-refractivity contribution is 0.151. The molecule has 0 saturated heterocycles. The van der Waals surface area contributed by atoms with Gasteiger partial charge in [0.25, 0.3) is 6.43 Å². The molecule has 0 aromatic heterocycles. The van der Waals surface area contributed by atoms with Crippen LogP contribution in [0.2, 0.25) is 0 Å². The van der Waals surface area contributed by atoms with Crippen LogP contribution in [0, 0.1) is 6.92 Å². The lowest BCUT2D eigenvalue weighted by Gasteiger charge is -2.22. The molecule has 0 heterocycles. The Morgan fingerprint density at radius 1 is 1.14 bits per heavy atom. The zero-order valence-electron chi connectivity index (χ0n) is 9.07. The number of halogens is 2. The summed E-state index contributed by atoms with van der Waals surface area (Å²) in [5.74, 6) is 0. The minimum Gasteiger partial charge on any atom is -0.205 e. The molecule has 1 rings (SSSR count). The van der Waals surface area contributed by atoms with Crippen molar-refractivity contribution in [2.24, 2.45) is 0 Å². The molecule has 0 aliphatic rings. The van der Waals surface area contributed by atoms with Crippen molar-refractivity contribution in [3.63, 3.8) is 0 Å². The van der Waals surface area contributed by atoms with Gasteiger partial charge in [-0.2, -0.15) is 0 Å². The molecule has 0 nitrogen and oxygen atoms in total. The van der Waals surface area contributed by atoms with Crippen molar-refractivity contribution in [3.05, 3.63) is 34.9 Å². The van der Waals surface area contributed by atoms with Gasteiger partial charge in [0, 0.05) is 5.56 Å². The average molecular weight is 198 g/mol. The largest absolute Gasteiger partial charge is 0.263 e. The van der Waals surface area contributed by atoms with Gasteiger partial charge in [0.05, 0.1) is 0 Å². The van der Waals surface area contributed by atoms with E-state index in [0.29, 0.717) is 0 Å². The number of alkyl halides is 2. The topological polar surface area (TPSA) is 0 Å².